The summed E-state index contributed by atoms with van der Waals surface area (Å²) in [4.78, 5) is 27.2. The van der Waals surface area contributed by atoms with Crippen LogP contribution in [0, 0.1) is 5.41 Å². The molecule has 3 N–H and O–H groups in total. The third-order valence-corrected chi connectivity index (χ3v) is 6.28. The van der Waals surface area contributed by atoms with Crippen LogP contribution in [-0.4, -0.2) is 73.3 Å². The van der Waals surface area contributed by atoms with E-state index in [2.05, 4.69) is 15.6 Å². The van der Waals surface area contributed by atoms with Crippen molar-refractivity contribution in [2.75, 3.05) is 13.6 Å². The second-order valence-electron chi connectivity index (χ2n) is 9.93. The summed E-state index contributed by atoms with van der Waals surface area (Å²) < 4.78 is 1.55. The number of likely N-dealkylation sites (tertiary alicyclic amines) is 1. The Labute approximate surface area is 177 Å². The van der Waals surface area contributed by atoms with Gasteiger partial charge in [0.2, 0.25) is 11.8 Å². The van der Waals surface area contributed by atoms with E-state index in [0.29, 0.717) is 12.1 Å². The molecule has 0 bridgehead atoms. The van der Waals surface area contributed by atoms with Crippen molar-refractivity contribution in [1.29, 1.82) is 0 Å². The van der Waals surface area contributed by atoms with Gasteiger partial charge in [-0.3, -0.25) is 9.59 Å². The lowest BCUT2D eigenvalue weighted by molar-refractivity contribution is -0.144. The van der Waals surface area contributed by atoms with Crippen LogP contribution in [0.25, 0.3) is 0 Å². The van der Waals surface area contributed by atoms with Crippen molar-refractivity contribution in [1.82, 2.24) is 25.2 Å². The minimum atomic E-state index is -0.760. The highest BCUT2D eigenvalue weighted by Crippen LogP contribution is 2.35. The molecule has 0 spiro atoms. The number of carbonyl (C=O) groups excluding carboxylic acids is 2. The van der Waals surface area contributed by atoms with Crippen molar-refractivity contribution in [3.63, 3.8) is 0 Å². The molecule has 0 aromatic carbocycles. The second-order valence-corrected chi connectivity index (χ2v) is 9.93. The van der Waals surface area contributed by atoms with Gasteiger partial charge in [-0.2, -0.15) is 0 Å². The molecule has 0 unspecified atom stereocenters. The van der Waals surface area contributed by atoms with Gasteiger partial charge >= 0.3 is 0 Å². The summed E-state index contributed by atoms with van der Waals surface area (Å²) in [6.07, 6.45) is 6.30. The first-order chi connectivity index (χ1) is 14.0. The Morgan fingerprint density at radius 3 is 2.57 bits per heavy atom. The third kappa shape index (κ3) is 4.83. The fourth-order valence-electron chi connectivity index (χ4n) is 4.75. The zero-order valence-electron chi connectivity index (χ0n) is 18.5. The Kier molecular flexibility index (Phi) is 6.52. The topological polar surface area (TPSA) is 121 Å². The fraction of sp³-hybridized carbons (Fsp3) is 0.810. The lowest BCUT2D eigenvalue weighted by Crippen LogP contribution is -2.49. The number of nitrogens with zero attached hydrogens (tertiary/aromatic N) is 4. The molecule has 2 heterocycles. The molecule has 1 aromatic heterocycles. The van der Waals surface area contributed by atoms with Crippen LogP contribution in [-0.2, 0) is 16.0 Å². The van der Waals surface area contributed by atoms with Gasteiger partial charge in [-0.15, -0.1) is 5.10 Å². The Hall–Kier alpha value is -2.00. The van der Waals surface area contributed by atoms with E-state index >= 15 is 0 Å². The van der Waals surface area contributed by atoms with Gasteiger partial charge in [0.25, 0.3) is 0 Å². The number of nitrogens with one attached hydrogen (secondary N) is 1. The van der Waals surface area contributed by atoms with Crippen LogP contribution >= 0.6 is 0 Å². The molecule has 1 saturated heterocycles. The summed E-state index contributed by atoms with van der Waals surface area (Å²) in [5.41, 5.74) is -0.598. The quantitative estimate of drug-likeness (QED) is 0.647. The lowest BCUT2D eigenvalue weighted by atomic mass is 9.82. The first-order valence-corrected chi connectivity index (χ1v) is 10.9. The molecule has 9 nitrogen and oxygen atoms in total. The average molecular weight is 422 g/mol. The van der Waals surface area contributed by atoms with Gasteiger partial charge in [0.05, 0.1) is 17.4 Å². The molecule has 2 fully saturated rings. The van der Waals surface area contributed by atoms with E-state index in [1.165, 1.54) is 11.9 Å². The summed E-state index contributed by atoms with van der Waals surface area (Å²) in [7, 11) is 1.52. The van der Waals surface area contributed by atoms with Gasteiger partial charge in [-0.1, -0.05) is 45.2 Å². The minimum absolute atomic E-state index is 0.116. The van der Waals surface area contributed by atoms with Crippen LogP contribution < -0.4 is 5.32 Å². The molecular weight excluding hydrogens is 386 g/mol. The average Bonchev–Trinajstić information content (AvgIpc) is 3.26. The zero-order valence-corrected chi connectivity index (χ0v) is 18.5. The van der Waals surface area contributed by atoms with Gasteiger partial charge in [0.15, 0.2) is 0 Å². The van der Waals surface area contributed by atoms with Gasteiger partial charge < -0.3 is 20.4 Å². The molecule has 1 aliphatic heterocycles. The Bertz CT molecular complexity index is 766. The van der Waals surface area contributed by atoms with Crippen LogP contribution in [0.3, 0.4) is 0 Å². The third-order valence-electron chi connectivity index (χ3n) is 6.28. The van der Waals surface area contributed by atoms with Crippen LogP contribution in [0.15, 0.2) is 6.20 Å². The number of rotatable bonds is 5. The number of β-amino-alcohol motifs (C(OH)–C–C–N with tert-alkyl or cyclic N) is 1. The minimum Gasteiger partial charge on any atom is -0.391 e. The summed E-state index contributed by atoms with van der Waals surface area (Å²) in [6, 6.07) is -1.38. The maximum atomic E-state index is 13.5. The van der Waals surface area contributed by atoms with Gasteiger partial charge in [0, 0.05) is 32.6 Å². The number of hydrogen-bond donors (Lipinski definition) is 3. The smallest absolute Gasteiger partial charge is 0.248 e. The van der Waals surface area contributed by atoms with E-state index in [1.54, 1.807) is 10.9 Å². The van der Waals surface area contributed by atoms with Crippen LogP contribution in [0.2, 0.25) is 0 Å². The molecule has 1 saturated carbocycles. The summed E-state index contributed by atoms with van der Waals surface area (Å²) in [6.45, 7) is 5.93. The number of hydrogen-bond acceptors (Lipinski definition) is 6. The van der Waals surface area contributed by atoms with Crippen molar-refractivity contribution in [3.8, 4) is 0 Å². The first kappa shape index (κ1) is 22.7. The van der Waals surface area contributed by atoms with Crippen LogP contribution in [0.5, 0.6) is 0 Å². The van der Waals surface area contributed by atoms with Crippen LogP contribution in [0.4, 0.5) is 0 Å². The van der Waals surface area contributed by atoms with Gasteiger partial charge in [0.1, 0.15) is 12.1 Å². The summed E-state index contributed by atoms with van der Waals surface area (Å²) in [5.74, 6) is -0.549. The Morgan fingerprint density at radius 1 is 1.30 bits per heavy atom. The molecule has 2 aliphatic rings. The number of aromatic nitrogens is 3. The molecule has 3 rings (SSSR count). The van der Waals surface area contributed by atoms with E-state index < -0.39 is 29.2 Å². The predicted molar refractivity (Wildman–Crippen MR) is 110 cm³/mol. The van der Waals surface area contributed by atoms with Crippen molar-refractivity contribution in [2.24, 2.45) is 5.41 Å². The second kappa shape index (κ2) is 8.63. The maximum absolute atomic E-state index is 13.5. The highest BCUT2D eigenvalue weighted by atomic mass is 16.3. The molecule has 9 heteroatoms. The molecule has 1 aromatic rings. The largest absolute Gasteiger partial charge is 0.391 e. The van der Waals surface area contributed by atoms with E-state index in [9.17, 15) is 19.8 Å². The molecular formula is C21H35N5O4. The zero-order chi connectivity index (χ0) is 22.1. The highest BCUT2D eigenvalue weighted by molar-refractivity contribution is 5.90. The van der Waals surface area contributed by atoms with E-state index in [4.69, 9.17) is 0 Å². The van der Waals surface area contributed by atoms with Crippen LogP contribution in [0.1, 0.15) is 71.0 Å². The number of aliphatic hydroxyl groups is 2. The molecule has 0 radical (unpaired) electrons. The summed E-state index contributed by atoms with van der Waals surface area (Å²) in [5, 5.41) is 32.0. The molecule has 1 aliphatic carbocycles. The first-order valence-electron chi connectivity index (χ1n) is 10.9. The Balaban J connectivity index is 1.84. The molecule has 168 valence electrons. The van der Waals surface area contributed by atoms with Gasteiger partial charge in [-0.25, -0.2) is 4.68 Å². The normalized spacial score (nSPS) is 25.2. The van der Waals surface area contributed by atoms with E-state index in [0.717, 1.165) is 32.1 Å². The number of amides is 2. The summed E-state index contributed by atoms with van der Waals surface area (Å²) >= 11 is 0. The highest BCUT2D eigenvalue weighted by Gasteiger charge is 2.45. The van der Waals surface area contributed by atoms with E-state index in [1.807, 2.05) is 20.8 Å². The Morgan fingerprint density at radius 2 is 1.97 bits per heavy atom. The fourth-order valence-corrected chi connectivity index (χ4v) is 4.75. The standard InChI is InChI=1S/C21H35N5O4/c1-20(2,3)17(19(29)25-13-15(27)10-16(25)18(28)22-4)26-12-14(23-24-26)11-21(30)8-6-5-7-9-21/h12,15-17,27,30H,5-11,13H2,1-4H3,(H,22,28)/t15-,16+,17-/m1/s1. The van der Waals surface area contributed by atoms with Crippen molar-refractivity contribution in [3.05, 3.63) is 11.9 Å². The number of carbonyl (C=O) groups is 2. The SMILES string of the molecule is CNC(=O)[C@@H]1C[C@@H](O)CN1C(=O)[C@@H](n1cc(CC2(O)CCCCC2)nn1)C(C)(C)C. The van der Waals surface area contributed by atoms with Crippen molar-refractivity contribution < 1.29 is 19.8 Å². The maximum Gasteiger partial charge on any atom is 0.248 e. The molecule has 30 heavy (non-hydrogen) atoms. The van der Waals surface area contributed by atoms with Crippen molar-refractivity contribution in [2.45, 2.75) is 89.5 Å². The molecule has 2 amide bonds. The van der Waals surface area contributed by atoms with Gasteiger partial charge in [-0.05, 0) is 18.3 Å². The predicted octanol–water partition coefficient (Wildman–Crippen LogP) is 0.811. The van der Waals surface area contributed by atoms with Crippen molar-refractivity contribution >= 4 is 11.8 Å². The monoisotopic (exact) mass is 421 g/mol. The lowest BCUT2D eigenvalue weighted by Gasteiger charge is -2.34. The number of likely N-dealkylation sites (N-methyl/N-ethyl adjacent to an activating group) is 1. The molecule has 3 atom stereocenters. The number of aliphatic hydroxyl groups excluding tert-OH is 1. The van der Waals surface area contributed by atoms with E-state index in [-0.39, 0.29) is 24.8 Å².